The Balaban J connectivity index is 2.37. The molecule has 1 N–H and O–H groups in total. The molecule has 0 aliphatic rings. The third-order valence-electron chi connectivity index (χ3n) is 2.45. The normalized spacial score (nSPS) is 11.7. The molecule has 0 aliphatic carbocycles. The van der Waals surface area contributed by atoms with Crippen molar-refractivity contribution in [1.29, 1.82) is 0 Å². The maximum absolute atomic E-state index is 5.25. The quantitative estimate of drug-likeness (QED) is 0.877. The molecule has 0 unspecified atom stereocenters. The van der Waals surface area contributed by atoms with Gasteiger partial charge in [0.25, 0.3) is 0 Å². The second-order valence-electron chi connectivity index (χ2n) is 4.67. The highest BCUT2D eigenvalue weighted by atomic mass is 32.1. The number of rotatable bonds is 4. The van der Waals surface area contributed by atoms with Gasteiger partial charge in [0.05, 0.1) is 4.88 Å². The zero-order valence-corrected chi connectivity index (χ0v) is 12.6. The number of aromatic nitrogens is 4. The molecular formula is C11H17N5S2. The second-order valence-corrected chi connectivity index (χ2v) is 6.17. The fraction of sp³-hybridized carbons (Fsp3) is 0.545. The molecule has 0 amide bonds. The minimum absolute atomic E-state index is 0.283. The second kappa shape index (κ2) is 5.29. The molecule has 0 aliphatic heterocycles. The van der Waals surface area contributed by atoms with E-state index in [1.54, 1.807) is 11.3 Å². The van der Waals surface area contributed by atoms with E-state index in [9.17, 15) is 0 Å². The van der Waals surface area contributed by atoms with Crippen LogP contribution in [0.4, 0.5) is 0 Å². The van der Waals surface area contributed by atoms with Crippen molar-refractivity contribution in [3.05, 3.63) is 16.0 Å². The number of hydrogen-bond acceptors (Lipinski definition) is 5. The molecule has 0 radical (unpaired) electrons. The number of H-pyrrole nitrogens is 1. The maximum Gasteiger partial charge on any atom is 0.195 e. The molecule has 0 atom stereocenters. The summed E-state index contributed by atoms with van der Waals surface area (Å²) >= 11 is 6.90. The largest absolute Gasteiger partial charge is 0.303 e. The molecule has 2 aromatic heterocycles. The van der Waals surface area contributed by atoms with Crippen molar-refractivity contribution in [1.82, 2.24) is 24.6 Å². The average Bonchev–Trinajstić information content (AvgIpc) is 2.83. The Morgan fingerprint density at radius 2 is 2.22 bits per heavy atom. The molecule has 5 nitrogen and oxygen atoms in total. The van der Waals surface area contributed by atoms with Crippen LogP contribution in [0.1, 0.15) is 24.9 Å². The Labute approximate surface area is 115 Å². The average molecular weight is 283 g/mol. The Hall–Kier alpha value is -1.05. The highest BCUT2D eigenvalue weighted by Gasteiger charge is 2.14. The van der Waals surface area contributed by atoms with Crippen molar-refractivity contribution in [2.75, 3.05) is 14.1 Å². The van der Waals surface area contributed by atoms with Crippen LogP contribution in [0.5, 0.6) is 0 Å². The number of hydrogen-bond donors (Lipinski definition) is 1. The first-order chi connectivity index (χ1) is 8.49. The van der Waals surface area contributed by atoms with Crippen molar-refractivity contribution >= 4 is 23.6 Å². The van der Waals surface area contributed by atoms with E-state index in [0.29, 0.717) is 4.77 Å². The van der Waals surface area contributed by atoms with Gasteiger partial charge in [-0.2, -0.15) is 5.10 Å². The zero-order valence-electron chi connectivity index (χ0n) is 11.0. The third-order valence-corrected chi connectivity index (χ3v) is 3.71. The molecule has 7 heteroatoms. The Morgan fingerprint density at radius 1 is 1.50 bits per heavy atom. The van der Waals surface area contributed by atoms with Crippen molar-refractivity contribution < 1.29 is 0 Å². The van der Waals surface area contributed by atoms with E-state index >= 15 is 0 Å². The Kier molecular flexibility index (Phi) is 3.94. The van der Waals surface area contributed by atoms with Gasteiger partial charge in [0, 0.05) is 18.8 Å². The van der Waals surface area contributed by atoms with E-state index in [2.05, 4.69) is 33.9 Å². The SMILES string of the molecule is CC(C)n1c(-c2cnc(CN(C)C)s2)n[nH]c1=S. The van der Waals surface area contributed by atoms with Crippen LogP contribution < -0.4 is 0 Å². The Morgan fingerprint density at radius 3 is 2.83 bits per heavy atom. The Bertz CT molecular complexity index is 578. The molecule has 2 aromatic rings. The van der Waals surface area contributed by atoms with Gasteiger partial charge in [-0.15, -0.1) is 11.3 Å². The van der Waals surface area contributed by atoms with Crippen molar-refractivity contribution in [2.45, 2.75) is 26.4 Å². The van der Waals surface area contributed by atoms with Crippen LogP contribution in [0, 0.1) is 4.77 Å². The number of nitrogens with one attached hydrogen (secondary N) is 1. The van der Waals surface area contributed by atoms with Crippen LogP contribution in [0.2, 0.25) is 0 Å². The first-order valence-corrected chi connectivity index (χ1v) is 6.98. The number of aromatic amines is 1. The van der Waals surface area contributed by atoms with Crippen LogP contribution in [0.25, 0.3) is 10.7 Å². The molecule has 2 heterocycles. The van der Waals surface area contributed by atoms with Gasteiger partial charge in [0.1, 0.15) is 5.01 Å². The zero-order chi connectivity index (χ0) is 13.3. The predicted octanol–water partition coefficient (Wildman–Crippen LogP) is 2.71. The third kappa shape index (κ3) is 2.68. The van der Waals surface area contributed by atoms with E-state index in [4.69, 9.17) is 12.2 Å². The van der Waals surface area contributed by atoms with Crippen LogP contribution in [0.15, 0.2) is 6.20 Å². The van der Waals surface area contributed by atoms with Gasteiger partial charge in [0.15, 0.2) is 10.6 Å². The smallest absolute Gasteiger partial charge is 0.195 e. The van der Waals surface area contributed by atoms with Crippen LogP contribution in [-0.4, -0.2) is 38.7 Å². The lowest BCUT2D eigenvalue weighted by Gasteiger charge is -2.08. The summed E-state index contributed by atoms with van der Waals surface area (Å²) < 4.78 is 2.67. The van der Waals surface area contributed by atoms with E-state index in [1.807, 2.05) is 24.9 Å². The topological polar surface area (TPSA) is 49.7 Å². The lowest BCUT2D eigenvalue weighted by Crippen LogP contribution is -2.09. The molecule has 98 valence electrons. The van der Waals surface area contributed by atoms with Gasteiger partial charge < -0.3 is 4.90 Å². The summed E-state index contributed by atoms with van der Waals surface area (Å²) in [5.74, 6) is 0.873. The molecule has 0 saturated heterocycles. The maximum atomic E-state index is 5.25. The van der Waals surface area contributed by atoms with E-state index in [1.165, 1.54) is 0 Å². The fourth-order valence-corrected chi connectivity index (χ4v) is 3.08. The van der Waals surface area contributed by atoms with Crippen LogP contribution >= 0.6 is 23.6 Å². The van der Waals surface area contributed by atoms with Gasteiger partial charge >= 0.3 is 0 Å². The van der Waals surface area contributed by atoms with Crippen molar-refractivity contribution in [2.24, 2.45) is 0 Å². The molecule has 0 fully saturated rings. The van der Waals surface area contributed by atoms with Gasteiger partial charge in [-0.3, -0.25) is 9.67 Å². The predicted molar refractivity (Wildman–Crippen MR) is 76.3 cm³/mol. The summed E-state index contributed by atoms with van der Waals surface area (Å²) in [6, 6.07) is 0.283. The first kappa shape index (κ1) is 13.4. The highest BCUT2D eigenvalue weighted by molar-refractivity contribution is 7.71. The summed E-state index contributed by atoms with van der Waals surface area (Å²) in [5.41, 5.74) is 0. The van der Waals surface area contributed by atoms with E-state index in [-0.39, 0.29) is 6.04 Å². The van der Waals surface area contributed by atoms with Crippen LogP contribution in [-0.2, 0) is 6.54 Å². The molecule has 18 heavy (non-hydrogen) atoms. The summed E-state index contributed by atoms with van der Waals surface area (Å²) in [4.78, 5) is 7.57. The van der Waals surface area contributed by atoms with E-state index in [0.717, 1.165) is 22.3 Å². The van der Waals surface area contributed by atoms with Gasteiger partial charge in [-0.05, 0) is 40.2 Å². The lowest BCUT2D eigenvalue weighted by molar-refractivity contribution is 0.401. The molecule has 0 spiro atoms. The lowest BCUT2D eigenvalue weighted by atomic mass is 10.3. The highest BCUT2D eigenvalue weighted by Crippen LogP contribution is 2.27. The molecule has 2 rings (SSSR count). The summed E-state index contributed by atoms with van der Waals surface area (Å²) in [6.07, 6.45) is 1.87. The van der Waals surface area contributed by atoms with Gasteiger partial charge in [0.2, 0.25) is 0 Å². The molecule has 0 bridgehead atoms. The van der Waals surface area contributed by atoms with Crippen molar-refractivity contribution in [3.8, 4) is 10.7 Å². The van der Waals surface area contributed by atoms with Crippen molar-refractivity contribution in [3.63, 3.8) is 0 Å². The van der Waals surface area contributed by atoms with E-state index < -0.39 is 0 Å². The van der Waals surface area contributed by atoms with Gasteiger partial charge in [-0.25, -0.2) is 4.98 Å². The molecular weight excluding hydrogens is 266 g/mol. The summed E-state index contributed by atoms with van der Waals surface area (Å²) in [5, 5.41) is 8.24. The summed E-state index contributed by atoms with van der Waals surface area (Å²) in [6.45, 7) is 5.03. The summed E-state index contributed by atoms with van der Waals surface area (Å²) in [7, 11) is 4.07. The monoisotopic (exact) mass is 283 g/mol. The number of thiazole rings is 1. The molecule has 0 saturated carbocycles. The van der Waals surface area contributed by atoms with Crippen LogP contribution in [0.3, 0.4) is 0 Å². The molecule has 0 aromatic carbocycles. The first-order valence-electron chi connectivity index (χ1n) is 5.75. The minimum atomic E-state index is 0.283. The standard InChI is InChI=1S/C11H17N5S2/c1-7(2)16-10(13-14-11(16)17)8-5-12-9(18-8)6-15(3)4/h5,7H,6H2,1-4H3,(H,14,17). The fourth-order valence-electron chi connectivity index (χ4n) is 1.71. The minimum Gasteiger partial charge on any atom is -0.303 e. The van der Waals surface area contributed by atoms with Gasteiger partial charge in [-0.1, -0.05) is 0 Å². The number of nitrogens with zero attached hydrogens (tertiary/aromatic N) is 4.